The number of hydrogen-bond acceptors (Lipinski definition) is 3. The topological polar surface area (TPSA) is 67.0 Å². The first kappa shape index (κ1) is 22.7. The summed E-state index contributed by atoms with van der Waals surface area (Å²) in [4.78, 5) is 20.4. The maximum absolute atomic E-state index is 12.6. The predicted molar refractivity (Wildman–Crippen MR) is 132 cm³/mol. The molecular formula is C23H17Cl4N3O2. The van der Waals surface area contributed by atoms with E-state index in [1.165, 1.54) is 0 Å². The van der Waals surface area contributed by atoms with E-state index in [0.29, 0.717) is 32.7 Å². The number of hydrogen-bond donors (Lipinski definition) is 2. The first-order chi connectivity index (χ1) is 15.3. The van der Waals surface area contributed by atoms with Crippen molar-refractivity contribution in [2.45, 2.75) is 13.8 Å². The minimum Gasteiger partial charge on any atom is -0.481 e. The second-order valence-electron chi connectivity index (χ2n) is 7.16. The summed E-state index contributed by atoms with van der Waals surface area (Å²) in [6.45, 7) is 3.19. The molecule has 0 saturated heterocycles. The van der Waals surface area contributed by atoms with Crippen LogP contribution in [0.4, 0.5) is 5.69 Å². The number of halogens is 4. The number of amides is 1. The molecule has 1 amide bonds. The highest BCUT2D eigenvalue weighted by Crippen LogP contribution is 2.42. The lowest BCUT2D eigenvalue weighted by molar-refractivity contribution is -0.118. The van der Waals surface area contributed by atoms with Gasteiger partial charge in [0.05, 0.1) is 31.8 Å². The monoisotopic (exact) mass is 507 g/mol. The largest absolute Gasteiger partial charge is 0.481 e. The molecule has 9 heteroatoms. The van der Waals surface area contributed by atoms with Crippen LogP contribution in [0, 0.1) is 13.8 Å². The van der Waals surface area contributed by atoms with Crippen molar-refractivity contribution in [3.63, 3.8) is 0 Å². The molecule has 0 unspecified atom stereocenters. The number of anilines is 1. The van der Waals surface area contributed by atoms with E-state index in [2.05, 4.69) is 15.3 Å². The number of fused-ring (bicyclic) bond motifs is 1. The first-order valence-corrected chi connectivity index (χ1v) is 11.1. The highest BCUT2D eigenvalue weighted by atomic mass is 35.5. The van der Waals surface area contributed by atoms with Crippen LogP contribution in [-0.4, -0.2) is 22.5 Å². The summed E-state index contributed by atoms with van der Waals surface area (Å²) >= 11 is 25.1. The number of para-hydroxylation sites is 2. The zero-order chi connectivity index (χ0) is 23.0. The third-order valence-corrected chi connectivity index (χ3v) is 6.77. The molecule has 0 spiro atoms. The summed E-state index contributed by atoms with van der Waals surface area (Å²) in [7, 11) is 0. The van der Waals surface area contributed by atoms with Gasteiger partial charge in [-0.05, 0) is 55.3 Å². The molecule has 1 aromatic heterocycles. The summed E-state index contributed by atoms with van der Waals surface area (Å²) in [5.74, 6) is 0.455. The van der Waals surface area contributed by atoms with Gasteiger partial charge in [-0.15, -0.1) is 0 Å². The van der Waals surface area contributed by atoms with Gasteiger partial charge in [-0.2, -0.15) is 0 Å². The van der Waals surface area contributed by atoms with Gasteiger partial charge < -0.3 is 15.0 Å². The van der Waals surface area contributed by atoms with Crippen molar-refractivity contribution in [3.8, 4) is 17.1 Å². The predicted octanol–water partition coefficient (Wildman–Crippen LogP) is 7.48. The summed E-state index contributed by atoms with van der Waals surface area (Å²) in [5.41, 5.74) is 4.23. The second-order valence-corrected chi connectivity index (χ2v) is 8.70. The van der Waals surface area contributed by atoms with Crippen molar-refractivity contribution >= 4 is 69.0 Å². The van der Waals surface area contributed by atoms with Crippen LogP contribution in [0.3, 0.4) is 0 Å². The van der Waals surface area contributed by atoms with E-state index in [4.69, 9.17) is 51.1 Å². The van der Waals surface area contributed by atoms with Crippen molar-refractivity contribution in [2.75, 3.05) is 11.9 Å². The zero-order valence-electron chi connectivity index (χ0n) is 17.0. The number of aromatic amines is 1. The smallest absolute Gasteiger partial charge is 0.262 e. The highest BCUT2D eigenvalue weighted by molar-refractivity contribution is 6.42. The molecule has 0 aliphatic heterocycles. The van der Waals surface area contributed by atoms with Gasteiger partial charge in [0.25, 0.3) is 5.91 Å². The molecule has 3 aromatic carbocycles. The Morgan fingerprint density at radius 1 is 1.00 bits per heavy atom. The van der Waals surface area contributed by atoms with Crippen LogP contribution in [-0.2, 0) is 4.79 Å². The highest BCUT2D eigenvalue weighted by Gasteiger charge is 2.19. The normalized spacial score (nSPS) is 11.1. The zero-order valence-corrected chi connectivity index (χ0v) is 20.0. The lowest BCUT2D eigenvalue weighted by atomic mass is 10.1. The maximum Gasteiger partial charge on any atom is 0.262 e. The van der Waals surface area contributed by atoms with Crippen LogP contribution in [0.2, 0.25) is 20.1 Å². The summed E-state index contributed by atoms with van der Waals surface area (Å²) in [6.07, 6.45) is 0. The summed E-state index contributed by atoms with van der Waals surface area (Å²) in [5, 5.41) is 4.13. The molecule has 5 nitrogen and oxygen atoms in total. The first-order valence-electron chi connectivity index (χ1n) is 9.57. The third kappa shape index (κ3) is 4.39. The Kier molecular flexibility index (Phi) is 6.54. The maximum atomic E-state index is 12.6. The van der Waals surface area contributed by atoms with Gasteiger partial charge in [0.1, 0.15) is 5.82 Å². The van der Waals surface area contributed by atoms with Gasteiger partial charge in [0, 0.05) is 10.6 Å². The fourth-order valence-electron chi connectivity index (χ4n) is 3.22. The number of H-pyrrole nitrogens is 1. The quantitative estimate of drug-likeness (QED) is 0.293. The number of ether oxygens (including phenoxy) is 1. The minimum atomic E-state index is -0.425. The Morgan fingerprint density at radius 3 is 2.38 bits per heavy atom. The van der Waals surface area contributed by atoms with Crippen LogP contribution >= 0.6 is 46.4 Å². The number of rotatable bonds is 5. The van der Waals surface area contributed by atoms with Gasteiger partial charge in [0.15, 0.2) is 12.4 Å². The molecule has 0 bridgehead atoms. The number of imidazole rings is 1. The Labute approximate surface area is 204 Å². The minimum absolute atomic E-state index is 0.213. The van der Waals surface area contributed by atoms with Crippen LogP contribution < -0.4 is 10.1 Å². The summed E-state index contributed by atoms with van der Waals surface area (Å²) in [6, 6.07) is 13.0. The third-order valence-electron chi connectivity index (χ3n) is 4.97. The van der Waals surface area contributed by atoms with E-state index in [1.807, 2.05) is 30.3 Å². The lowest BCUT2D eigenvalue weighted by Gasteiger charge is -2.15. The van der Waals surface area contributed by atoms with Crippen LogP contribution in [0.25, 0.3) is 22.4 Å². The molecule has 1 heterocycles. The number of nitrogens with one attached hydrogen (secondary N) is 2. The van der Waals surface area contributed by atoms with E-state index in [1.54, 1.807) is 26.0 Å². The Balaban J connectivity index is 1.52. The van der Waals surface area contributed by atoms with Gasteiger partial charge in [-0.25, -0.2) is 4.98 Å². The SMILES string of the molecule is Cc1c(Cl)c(C)c(Cl)c(OCC(=O)Nc2cc(-c3nc4ccccc4[nH]3)ccc2Cl)c1Cl. The van der Waals surface area contributed by atoms with Crippen LogP contribution in [0.15, 0.2) is 42.5 Å². The Morgan fingerprint density at radius 2 is 1.69 bits per heavy atom. The van der Waals surface area contributed by atoms with Crippen molar-refractivity contribution < 1.29 is 9.53 Å². The van der Waals surface area contributed by atoms with Crippen LogP contribution in [0.1, 0.15) is 11.1 Å². The summed E-state index contributed by atoms with van der Waals surface area (Å²) < 4.78 is 5.62. The van der Waals surface area contributed by atoms with Crippen molar-refractivity contribution in [1.82, 2.24) is 9.97 Å². The molecule has 0 fully saturated rings. The van der Waals surface area contributed by atoms with Gasteiger partial charge in [0.2, 0.25) is 0 Å². The average molecular weight is 509 g/mol. The average Bonchev–Trinajstić information content (AvgIpc) is 3.22. The molecule has 0 radical (unpaired) electrons. The molecule has 0 aliphatic rings. The number of carbonyl (C=O) groups excluding carboxylic acids is 1. The molecule has 0 atom stereocenters. The molecule has 2 N–H and O–H groups in total. The molecule has 32 heavy (non-hydrogen) atoms. The molecule has 0 saturated carbocycles. The Bertz CT molecular complexity index is 1290. The van der Waals surface area contributed by atoms with E-state index in [9.17, 15) is 4.79 Å². The van der Waals surface area contributed by atoms with E-state index < -0.39 is 5.91 Å². The van der Waals surface area contributed by atoms with E-state index >= 15 is 0 Å². The fourth-order valence-corrected chi connectivity index (χ4v) is 4.21. The van der Waals surface area contributed by atoms with E-state index in [-0.39, 0.29) is 22.4 Å². The number of carbonyl (C=O) groups is 1. The van der Waals surface area contributed by atoms with Gasteiger partial charge in [-0.1, -0.05) is 58.5 Å². The van der Waals surface area contributed by atoms with Crippen molar-refractivity contribution in [3.05, 3.63) is 73.7 Å². The Hall–Kier alpha value is -2.44. The molecular weight excluding hydrogens is 492 g/mol. The number of nitrogens with zero attached hydrogens (tertiary/aromatic N) is 1. The molecule has 4 aromatic rings. The number of aromatic nitrogens is 2. The van der Waals surface area contributed by atoms with E-state index in [0.717, 1.165) is 16.6 Å². The van der Waals surface area contributed by atoms with Gasteiger partial charge >= 0.3 is 0 Å². The van der Waals surface area contributed by atoms with Crippen molar-refractivity contribution in [1.29, 1.82) is 0 Å². The van der Waals surface area contributed by atoms with Crippen LogP contribution in [0.5, 0.6) is 5.75 Å². The molecule has 0 aliphatic carbocycles. The molecule has 164 valence electrons. The van der Waals surface area contributed by atoms with Crippen molar-refractivity contribution in [2.24, 2.45) is 0 Å². The van der Waals surface area contributed by atoms with Gasteiger partial charge in [-0.3, -0.25) is 4.79 Å². The lowest BCUT2D eigenvalue weighted by Crippen LogP contribution is -2.20. The second kappa shape index (κ2) is 9.20. The fraction of sp³-hybridized carbons (Fsp3) is 0.130. The number of benzene rings is 3. The molecule has 4 rings (SSSR count). The standard InChI is InChI=1S/C23H17Cl4N3O2/c1-11-19(25)12(2)21(27)22(20(11)26)32-10-18(31)28-17-9-13(7-8-14(17)24)23-29-15-5-3-4-6-16(15)30-23/h3-9H,10H2,1-2H3,(H,28,31)(H,29,30).